The number of aryl methyl sites for hydroxylation is 1. The number of rotatable bonds is 4. The lowest BCUT2D eigenvalue weighted by molar-refractivity contribution is 0.637. The summed E-state index contributed by atoms with van der Waals surface area (Å²) >= 11 is 16.3. The van der Waals surface area contributed by atoms with E-state index in [1.54, 1.807) is 11.3 Å². The predicted octanol–water partition coefficient (Wildman–Crippen LogP) is 5.67. The molecule has 1 aromatic carbocycles. The van der Waals surface area contributed by atoms with Crippen LogP contribution in [0, 0.1) is 10.5 Å². The van der Waals surface area contributed by atoms with Gasteiger partial charge in [0.05, 0.1) is 10.4 Å². The van der Waals surface area contributed by atoms with Crippen molar-refractivity contribution in [1.29, 1.82) is 0 Å². The van der Waals surface area contributed by atoms with Crippen LogP contribution in [0.25, 0.3) is 0 Å². The summed E-state index contributed by atoms with van der Waals surface area (Å²) in [5.74, 6) is 0. The topological polar surface area (TPSA) is 12.0 Å². The first-order chi connectivity index (χ1) is 9.02. The van der Waals surface area contributed by atoms with Crippen LogP contribution in [0.4, 0.5) is 0 Å². The molecule has 1 unspecified atom stereocenters. The minimum atomic E-state index is 0.145. The molecule has 0 aliphatic rings. The van der Waals surface area contributed by atoms with Gasteiger partial charge in [-0.15, -0.1) is 11.3 Å². The maximum Gasteiger partial charge on any atom is 0.0961 e. The Morgan fingerprint density at radius 1 is 1.32 bits per heavy atom. The molecule has 0 saturated carbocycles. The standard InChI is InChI=1S/C14H14Cl2INS/c1-3-18-13(12-6-8(2)14(16)19-12)10-7-9(15)4-5-11(10)17/h4-7,13,18H,3H2,1-2H3. The molecule has 1 atom stereocenters. The molecule has 0 bridgehead atoms. The van der Waals surface area contributed by atoms with Gasteiger partial charge >= 0.3 is 0 Å². The van der Waals surface area contributed by atoms with Crippen LogP contribution in [0.15, 0.2) is 24.3 Å². The summed E-state index contributed by atoms with van der Waals surface area (Å²) in [6.45, 7) is 5.03. The van der Waals surface area contributed by atoms with E-state index in [1.807, 2.05) is 25.1 Å². The molecular weight excluding hydrogens is 412 g/mol. The van der Waals surface area contributed by atoms with Crippen molar-refractivity contribution in [2.75, 3.05) is 6.54 Å². The van der Waals surface area contributed by atoms with Gasteiger partial charge in [-0.05, 0) is 71.5 Å². The van der Waals surface area contributed by atoms with Gasteiger partial charge in [0.1, 0.15) is 0 Å². The van der Waals surface area contributed by atoms with Crippen molar-refractivity contribution >= 4 is 57.1 Å². The van der Waals surface area contributed by atoms with Crippen molar-refractivity contribution in [3.63, 3.8) is 0 Å². The number of halogens is 3. The Kier molecular flexibility index (Phi) is 5.55. The molecule has 102 valence electrons. The number of hydrogen-bond acceptors (Lipinski definition) is 2. The third-order valence-corrected chi connectivity index (χ3v) is 5.68. The van der Waals surface area contributed by atoms with Gasteiger partial charge in [0.25, 0.3) is 0 Å². The molecule has 1 heterocycles. The third-order valence-electron chi connectivity index (χ3n) is 2.84. The highest BCUT2D eigenvalue weighted by Gasteiger charge is 2.19. The van der Waals surface area contributed by atoms with Gasteiger partial charge in [0, 0.05) is 13.5 Å². The Hall–Kier alpha value is 0.190. The van der Waals surface area contributed by atoms with E-state index in [9.17, 15) is 0 Å². The number of hydrogen-bond donors (Lipinski definition) is 1. The number of nitrogens with one attached hydrogen (secondary N) is 1. The predicted molar refractivity (Wildman–Crippen MR) is 93.8 cm³/mol. The Morgan fingerprint density at radius 2 is 2.05 bits per heavy atom. The van der Waals surface area contributed by atoms with Crippen LogP contribution in [0.3, 0.4) is 0 Å². The van der Waals surface area contributed by atoms with E-state index >= 15 is 0 Å². The largest absolute Gasteiger partial charge is 0.306 e. The summed E-state index contributed by atoms with van der Waals surface area (Å²) in [5.41, 5.74) is 2.33. The van der Waals surface area contributed by atoms with E-state index < -0.39 is 0 Å². The normalized spacial score (nSPS) is 12.7. The molecule has 0 aliphatic carbocycles. The van der Waals surface area contributed by atoms with Gasteiger partial charge in [0.15, 0.2) is 0 Å². The number of benzene rings is 1. The quantitative estimate of drug-likeness (QED) is 0.622. The van der Waals surface area contributed by atoms with Crippen LogP contribution < -0.4 is 5.32 Å². The lowest BCUT2D eigenvalue weighted by Crippen LogP contribution is -2.22. The second-order valence-electron chi connectivity index (χ2n) is 4.26. The van der Waals surface area contributed by atoms with Gasteiger partial charge in [-0.3, -0.25) is 0 Å². The Morgan fingerprint density at radius 3 is 2.63 bits per heavy atom. The Labute approximate surface area is 141 Å². The summed E-state index contributed by atoms with van der Waals surface area (Å²) in [6.07, 6.45) is 0. The van der Waals surface area contributed by atoms with Gasteiger partial charge in [-0.2, -0.15) is 0 Å². The summed E-state index contributed by atoms with van der Waals surface area (Å²) in [4.78, 5) is 1.23. The van der Waals surface area contributed by atoms with E-state index in [1.165, 1.54) is 14.0 Å². The molecule has 0 saturated heterocycles. The van der Waals surface area contributed by atoms with E-state index in [0.717, 1.165) is 21.5 Å². The monoisotopic (exact) mass is 425 g/mol. The van der Waals surface area contributed by atoms with Crippen molar-refractivity contribution in [2.24, 2.45) is 0 Å². The zero-order chi connectivity index (χ0) is 14.0. The highest BCUT2D eigenvalue weighted by Crippen LogP contribution is 2.36. The van der Waals surface area contributed by atoms with Crippen LogP contribution in [0.2, 0.25) is 9.36 Å². The first-order valence-electron chi connectivity index (χ1n) is 5.97. The lowest BCUT2D eigenvalue weighted by atomic mass is 10.0. The Balaban J connectivity index is 2.47. The molecule has 19 heavy (non-hydrogen) atoms. The van der Waals surface area contributed by atoms with Crippen LogP contribution >= 0.6 is 57.1 Å². The molecular formula is C14H14Cl2INS. The van der Waals surface area contributed by atoms with E-state index in [2.05, 4.69) is 40.9 Å². The molecule has 1 aromatic heterocycles. The summed E-state index contributed by atoms with van der Waals surface area (Å²) < 4.78 is 2.06. The fourth-order valence-corrected chi connectivity index (χ4v) is 4.07. The molecule has 5 heteroatoms. The summed E-state index contributed by atoms with van der Waals surface area (Å²) in [6, 6.07) is 8.29. The van der Waals surface area contributed by atoms with Crippen molar-refractivity contribution in [1.82, 2.24) is 5.32 Å². The van der Waals surface area contributed by atoms with Crippen molar-refractivity contribution in [2.45, 2.75) is 19.9 Å². The van der Waals surface area contributed by atoms with Gasteiger partial charge in [-0.25, -0.2) is 0 Å². The van der Waals surface area contributed by atoms with Crippen molar-refractivity contribution in [3.8, 4) is 0 Å². The van der Waals surface area contributed by atoms with Gasteiger partial charge < -0.3 is 5.32 Å². The SMILES string of the molecule is CCNC(c1cc(C)c(Cl)s1)c1cc(Cl)ccc1I. The van der Waals surface area contributed by atoms with Crippen LogP contribution in [0.1, 0.15) is 29.0 Å². The highest BCUT2D eigenvalue weighted by atomic mass is 127. The second kappa shape index (κ2) is 6.76. The van der Waals surface area contributed by atoms with Crippen molar-refractivity contribution < 1.29 is 0 Å². The van der Waals surface area contributed by atoms with Crippen molar-refractivity contribution in [3.05, 3.63) is 53.2 Å². The Bertz CT molecular complexity index is 563. The molecule has 0 radical (unpaired) electrons. The number of thiophene rings is 1. The molecule has 1 N–H and O–H groups in total. The average molecular weight is 426 g/mol. The summed E-state index contributed by atoms with van der Waals surface area (Å²) in [5, 5.41) is 4.27. The molecule has 2 rings (SSSR count). The van der Waals surface area contributed by atoms with E-state index in [0.29, 0.717) is 0 Å². The van der Waals surface area contributed by atoms with E-state index in [-0.39, 0.29) is 6.04 Å². The van der Waals surface area contributed by atoms with Gasteiger partial charge in [0.2, 0.25) is 0 Å². The molecule has 2 aromatic rings. The minimum Gasteiger partial charge on any atom is -0.306 e. The molecule has 0 spiro atoms. The summed E-state index contributed by atoms with van der Waals surface area (Å²) in [7, 11) is 0. The molecule has 1 nitrogen and oxygen atoms in total. The maximum absolute atomic E-state index is 6.19. The fourth-order valence-electron chi connectivity index (χ4n) is 1.93. The van der Waals surface area contributed by atoms with Gasteiger partial charge in [-0.1, -0.05) is 30.1 Å². The van der Waals surface area contributed by atoms with E-state index in [4.69, 9.17) is 23.2 Å². The molecule has 0 aliphatic heterocycles. The van der Waals surface area contributed by atoms with Crippen LogP contribution in [-0.2, 0) is 0 Å². The molecule has 0 amide bonds. The highest BCUT2D eigenvalue weighted by molar-refractivity contribution is 14.1. The van der Waals surface area contributed by atoms with Crippen LogP contribution in [-0.4, -0.2) is 6.54 Å². The zero-order valence-corrected chi connectivity index (χ0v) is 15.1. The smallest absolute Gasteiger partial charge is 0.0961 e. The average Bonchev–Trinajstić information content (AvgIpc) is 2.70. The lowest BCUT2D eigenvalue weighted by Gasteiger charge is -2.18. The zero-order valence-electron chi connectivity index (χ0n) is 10.6. The van der Waals surface area contributed by atoms with Crippen LogP contribution in [0.5, 0.6) is 0 Å². The molecule has 0 fully saturated rings. The minimum absolute atomic E-state index is 0.145. The fraction of sp³-hybridized carbons (Fsp3) is 0.286. The third kappa shape index (κ3) is 3.64. The maximum atomic E-state index is 6.19. The second-order valence-corrected chi connectivity index (χ2v) is 7.55. The first-order valence-corrected chi connectivity index (χ1v) is 8.62. The first kappa shape index (κ1) is 15.6.